The predicted octanol–water partition coefficient (Wildman–Crippen LogP) is 2.25. The lowest BCUT2D eigenvalue weighted by Gasteiger charge is -2.05. The van der Waals surface area contributed by atoms with Crippen LogP contribution in [0, 0.1) is 5.92 Å². The fourth-order valence-electron chi connectivity index (χ4n) is 1.44. The van der Waals surface area contributed by atoms with E-state index in [0.29, 0.717) is 5.15 Å². The maximum absolute atomic E-state index is 5.65. The molecule has 1 aromatic heterocycles. The zero-order valence-electron chi connectivity index (χ0n) is 8.15. The number of hydrogen-bond acceptors (Lipinski definition) is 4. The maximum Gasteiger partial charge on any atom is 0.151 e. The van der Waals surface area contributed by atoms with Crippen LogP contribution in [0.3, 0.4) is 0 Å². The fraction of sp³-hybridized carbons (Fsp3) is 0.556. The molecule has 0 saturated carbocycles. The second kappa shape index (κ2) is 6.53. The van der Waals surface area contributed by atoms with Gasteiger partial charge in [-0.15, -0.1) is 34.4 Å². The number of hydrogen-bond donors (Lipinski definition) is 1. The Labute approximate surface area is 105 Å². The molecule has 1 aliphatic heterocycles. The Morgan fingerprint density at radius 3 is 2.93 bits per heavy atom. The summed E-state index contributed by atoms with van der Waals surface area (Å²) in [5.74, 6) is 1.89. The Kier molecular flexibility index (Phi) is 5.68. The monoisotopic (exact) mass is 265 g/mol. The summed E-state index contributed by atoms with van der Waals surface area (Å²) in [7, 11) is 0. The van der Waals surface area contributed by atoms with Crippen molar-refractivity contribution >= 4 is 35.8 Å². The largest absolute Gasteiger partial charge is 0.316 e. The van der Waals surface area contributed by atoms with Crippen molar-refractivity contribution in [3.8, 4) is 0 Å². The highest BCUT2D eigenvalue weighted by Crippen LogP contribution is 2.21. The van der Waals surface area contributed by atoms with E-state index in [1.54, 1.807) is 17.8 Å². The van der Waals surface area contributed by atoms with Crippen LogP contribution in [0.2, 0.25) is 5.15 Å². The lowest BCUT2D eigenvalue weighted by Crippen LogP contribution is -2.10. The summed E-state index contributed by atoms with van der Waals surface area (Å²) in [5, 5.41) is 12.6. The molecule has 6 heteroatoms. The molecule has 84 valence electrons. The molecule has 1 aliphatic rings. The van der Waals surface area contributed by atoms with Crippen LogP contribution in [-0.4, -0.2) is 29.0 Å². The van der Waals surface area contributed by atoms with Crippen LogP contribution in [0.25, 0.3) is 0 Å². The van der Waals surface area contributed by atoms with Crippen LogP contribution in [0.5, 0.6) is 0 Å². The molecule has 1 N–H and O–H groups in total. The highest BCUT2D eigenvalue weighted by Gasteiger charge is 2.14. The van der Waals surface area contributed by atoms with Gasteiger partial charge in [-0.3, -0.25) is 0 Å². The van der Waals surface area contributed by atoms with Gasteiger partial charge in [0.25, 0.3) is 0 Å². The van der Waals surface area contributed by atoms with E-state index >= 15 is 0 Å². The van der Waals surface area contributed by atoms with Crippen molar-refractivity contribution in [3.63, 3.8) is 0 Å². The van der Waals surface area contributed by atoms with Gasteiger partial charge in [-0.05, 0) is 37.6 Å². The second-order valence-corrected chi connectivity index (χ2v) is 4.79. The SMILES string of the molecule is Cl.Clc1ccc(SCC2CCNC2)nn1. The van der Waals surface area contributed by atoms with Gasteiger partial charge in [0.15, 0.2) is 5.15 Å². The van der Waals surface area contributed by atoms with Crippen LogP contribution >= 0.6 is 35.8 Å². The van der Waals surface area contributed by atoms with Crippen LogP contribution in [-0.2, 0) is 0 Å². The molecule has 15 heavy (non-hydrogen) atoms. The molecule has 0 spiro atoms. The summed E-state index contributed by atoms with van der Waals surface area (Å²) in [6, 6.07) is 3.70. The van der Waals surface area contributed by atoms with Crippen molar-refractivity contribution in [2.75, 3.05) is 18.8 Å². The predicted molar refractivity (Wildman–Crippen MR) is 66.0 cm³/mol. The molecule has 0 aromatic carbocycles. The standard InChI is InChI=1S/C9H12ClN3S.ClH/c10-8-1-2-9(13-12-8)14-6-7-3-4-11-5-7;/h1-2,7,11H,3-6H2;1H. The molecule has 0 radical (unpaired) electrons. The van der Waals surface area contributed by atoms with Gasteiger partial charge in [0.05, 0.1) is 0 Å². The summed E-state index contributed by atoms with van der Waals surface area (Å²) in [6.07, 6.45) is 1.27. The Bertz CT molecular complexity index is 288. The van der Waals surface area contributed by atoms with Crippen molar-refractivity contribution in [3.05, 3.63) is 17.3 Å². The second-order valence-electron chi connectivity index (χ2n) is 3.36. The van der Waals surface area contributed by atoms with E-state index in [-0.39, 0.29) is 12.4 Å². The van der Waals surface area contributed by atoms with Gasteiger partial charge in [0.2, 0.25) is 0 Å². The van der Waals surface area contributed by atoms with Gasteiger partial charge >= 0.3 is 0 Å². The molecule has 0 aliphatic carbocycles. The smallest absolute Gasteiger partial charge is 0.151 e. The lowest BCUT2D eigenvalue weighted by atomic mass is 10.2. The normalized spacial score (nSPS) is 19.9. The first kappa shape index (κ1) is 13.0. The highest BCUT2D eigenvalue weighted by atomic mass is 35.5. The quantitative estimate of drug-likeness (QED) is 0.851. The van der Waals surface area contributed by atoms with E-state index in [0.717, 1.165) is 29.8 Å². The molecule has 0 bridgehead atoms. The molecule has 0 amide bonds. The minimum atomic E-state index is 0. The number of nitrogens with zero attached hydrogens (tertiary/aromatic N) is 2. The number of nitrogens with one attached hydrogen (secondary N) is 1. The van der Waals surface area contributed by atoms with Gasteiger partial charge in [0, 0.05) is 5.75 Å². The average molecular weight is 266 g/mol. The molecule has 1 fully saturated rings. The van der Waals surface area contributed by atoms with Gasteiger partial charge in [-0.25, -0.2) is 0 Å². The van der Waals surface area contributed by atoms with E-state index in [4.69, 9.17) is 11.6 Å². The van der Waals surface area contributed by atoms with Crippen molar-refractivity contribution in [1.82, 2.24) is 15.5 Å². The van der Waals surface area contributed by atoms with E-state index in [1.165, 1.54) is 6.42 Å². The van der Waals surface area contributed by atoms with Crippen LogP contribution in [0.1, 0.15) is 6.42 Å². The van der Waals surface area contributed by atoms with Crippen LogP contribution < -0.4 is 5.32 Å². The van der Waals surface area contributed by atoms with Gasteiger partial charge < -0.3 is 5.32 Å². The van der Waals surface area contributed by atoms with Crippen molar-refractivity contribution in [2.45, 2.75) is 11.4 Å². The summed E-state index contributed by atoms with van der Waals surface area (Å²) in [4.78, 5) is 0. The van der Waals surface area contributed by atoms with Crippen LogP contribution in [0.15, 0.2) is 17.2 Å². The molecular formula is C9H13Cl2N3S. The molecule has 2 heterocycles. The number of thioether (sulfide) groups is 1. The van der Waals surface area contributed by atoms with E-state index < -0.39 is 0 Å². The van der Waals surface area contributed by atoms with E-state index in [9.17, 15) is 0 Å². The Morgan fingerprint density at radius 2 is 2.33 bits per heavy atom. The zero-order chi connectivity index (χ0) is 9.80. The van der Waals surface area contributed by atoms with Gasteiger partial charge in [0.1, 0.15) is 5.03 Å². The fourth-order valence-corrected chi connectivity index (χ4v) is 2.50. The van der Waals surface area contributed by atoms with Gasteiger partial charge in [-0.2, -0.15) is 0 Å². The first-order chi connectivity index (χ1) is 6.84. The third kappa shape index (κ3) is 4.15. The Hall–Kier alpha value is -0.0300. The molecule has 1 unspecified atom stereocenters. The first-order valence-electron chi connectivity index (χ1n) is 4.67. The van der Waals surface area contributed by atoms with Crippen LogP contribution in [0.4, 0.5) is 0 Å². The van der Waals surface area contributed by atoms with Crippen molar-refractivity contribution in [2.24, 2.45) is 5.92 Å². The summed E-state index contributed by atoms with van der Waals surface area (Å²) >= 11 is 7.40. The first-order valence-corrected chi connectivity index (χ1v) is 6.04. The highest BCUT2D eigenvalue weighted by molar-refractivity contribution is 7.99. The van der Waals surface area contributed by atoms with E-state index in [2.05, 4.69) is 15.5 Å². The number of halogens is 2. The van der Waals surface area contributed by atoms with Gasteiger partial charge in [-0.1, -0.05) is 11.6 Å². The topological polar surface area (TPSA) is 37.8 Å². The maximum atomic E-state index is 5.65. The molecule has 2 rings (SSSR count). The molecule has 1 aromatic rings. The minimum absolute atomic E-state index is 0. The third-order valence-electron chi connectivity index (χ3n) is 2.24. The molecule has 3 nitrogen and oxygen atoms in total. The number of rotatable bonds is 3. The third-order valence-corrected chi connectivity index (χ3v) is 3.59. The Morgan fingerprint density at radius 1 is 1.47 bits per heavy atom. The minimum Gasteiger partial charge on any atom is -0.316 e. The summed E-state index contributed by atoms with van der Waals surface area (Å²) in [6.45, 7) is 2.28. The zero-order valence-corrected chi connectivity index (χ0v) is 10.5. The van der Waals surface area contributed by atoms with E-state index in [1.807, 2.05) is 6.07 Å². The lowest BCUT2D eigenvalue weighted by molar-refractivity contribution is 0.662. The summed E-state index contributed by atoms with van der Waals surface area (Å²) < 4.78 is 0. The van der Waals surface area contributed by atoms with Crippen molar-refractivity contribution in [1.29, 1.82) is 0 Å². The molecular weight excluding hydrogens is 253 g/mol. The average Bonchev–Trinajstić information content (AvgIpc) is 2.70. The number of aromatic nitrogens is 2. The summed E-state index contributed by atoms with van der Waals surface area (Å²) in [5.41, 5.74) is 0. The van der Waals surface area contributed by atoms with Crippen molar-refractivity contribution < 1.29 is 0 Å². The Balaban J connectivity index is 0.00000112. The molecule has 1 saturated heterocycles. The molecule has 1 atom stereocenters.